The number of carbonyl (C=O) groups is 4. The first-order valence-electron chi connectivity index (χ1n) is 13.6. The Labute approximate surface area is 251 Å². The Balaban J connectivity index is 0.000000280. The summed E-state index contributed by atoms with van der Waals surface area (Å²) in [7, 11) is 0. The van der Waals surface area contributed by atoms with Crippen LogP contribution in [0.15, 0.2) is 48.5 Å². The van der Waals surface area contributed by atoms with E-state index in [0.717, 1.165) is 11.1 Å². The van der Waals surface area contributed by atoms with E-state index >= 15 is 0 Å². The number of hydrogen-bond acceptors (Lipinski definition) is 8. The molecular weight excluding hydrogens is 576 g/mol. The summed E-state index contributed by atoms with van der Waals surface area (Å²) < 4.78 is 0. The number of carbonyl (C=O) groups excluding carboxylic acids is 4. The van der Waals surface area contributed by atoms with E-state index in [4.69, 9.17) is 0 Å². The largest absolute Gasteiger partial charge is 2.00 e. The van der Waals surface area contributed by atoms with Crippen LogP contribution in [0.25, 0.3) is 0 Å². The number of hydrogen-bond donors (Lipinski definition) is 4. The van der Waals surface area contributed by atoms with Gasteiger partial charge in [-0.25, -0.2) is 0 Å². The molecule has 0 fully saturated rings. The van der Waals surface area contributed by atoms with Crippen LogP contribution < -0.4 is 31.5 Å². The van der Waals surface area contributed by atoms with E-state index in [-0.39, 0.29) is 40.7 Å². The predicted molar refractivity (Wildman–Crippen MR) is 145 cm³/mol. The molecule has 4 N–H and O–H groups in total. The molecule has 2 amide bonds. The minimum Gasteiger partial charge on any atom is -0.548 e. The van der Waals surface area contributed by atoms with E-state index in [1.807, 2.05) is 48.5 Å². The van der Waals surface area contributed by atoms with Gasteiger partial charge in [-0.3, -0.25) is 9.59 Å². The van der Waals surface area contributed by atoms with Crippen molar-refractivity contribution in [2.24, 2.45) is 11.8 Å². The number of benzene rings is 2. The van der Waals surface area contributed by atoms with Crippen LogP contribution in [0.3, 0.4) is 0 Å². The Kier molecular flexibility index (Phi) is 13.0. The fraction of sp³-hybridized carbons (Fsp3) is 0.467. The van der Waals surface area contributed by atoms with Gasteiger partial charge in [-0.2, -0.15) is 0 Å². The quantitative estimate of drug-likeness (QED) is 0.281. The van der Waals surface area contributed by atoms with Crippen molar-refractivity contribution in [1.82, 2.24) is 21.3 Å². The monoisotopic (exact) mass is 613 g/mol. The molecular formula is C30H38CuN4O6. The summed E-state index contributed by atoms with van der Waals surface area (Å²) in [6.07, 6.45) is 1.14. The normalized spacial score (nSPS) is 18.8. The maximum Gasteiger partial charge on any atom is 2.00 e. The summed E-state index contributed by atoms with van der Waals surface area (Å²) in [4.78, 5) is 46.3. The van der Waals surface area contributed by atoms with Gasteiger partial charge in [-0.15, -0.1) is 0 Å². The SMILES string of the molecule is CC(C)C(NC(=O)[C@@H]1Cc2ccccc2CN1)C(=O)[O-].CC(C)C(NC(=O)[C@@H]1Cc2ccccc2CN1)C(=O)[O-].[Cu+2]. The molecule has 0 aliphatic carbocycles. The van der Waals surface area contributed by atoms with E-state index in [2.05, 4.69) is 21.3 Å². The summed E-state index contributed by atoms with van der Waals surface area (Å²) >= 11 is 0. The van der Waals surface area contributed by atoms with Crippen molar-refractivity contribution >= 4 is 23.8 Å². The molecule has 2 heterocycles. The van der Waals surface area contributed by atoms with Gasteiger partial charge in [0.1, 0.15) is 0 Å². The second-order valence-corrected chi connectivity index (χ2v) is 10.9. The maximum atomic E-state index is 12.2. The zero-order valence-corrected chi connectivity index (χ0v) is 24.6. The molecule has 1 radical (unpaired) electrons. The molecule has 0 saturated carbocycles. The molecule has 2 unspecified atom stereocenters. The van der Waals surface area contributed by atoms with Gasteiger partial charge in [0.05, 0.1) is 36.1 Å². The number of fused-ring (bicyclic) bond motifs is 2. The molecule has 0 bridgehead atoms. The fourth-order valence-electron chi connectivity index (χ4n) is 4.78. The first-order chi connectivity index (χ1) is 19.0. The molecule has 0 aromatic heterocycles. The number of amides is 2. The topological polar surface area (TPSA) is 163 Å². The number of rotatable bonds is 8. The van der Waals surface area contributed by atoms with E-state index in [1.165, 1.54) is 11.1 Å². The van der Waals surface area contributed by atoms with Crippen LogP contribution in [0.2, 0.25) is 0 Å². The van der Waals surface area contributed by atoms with Gasteiger partial charge in [0.2, 0.25) is 11.8 Å². The van der Waals surface area contributed by atoms with Crippen LogP contribution in [0.1, 0.15) is 49.9 Å². The van der Waals surface area contributed by atoms with E-state index in [1.54, 1.807) is 27.7 Å². The maximum absolute atomic E-state index is 12.2. The average molecular weight is 614 g/mol. The number of nitrogens with one attached hydrogen (secondary N) is 4. The Bertz CT molecular complexity index is 1130. The van der Waals surface area contributed by atoms with Crippen molar-refractivity contribution in [2.45, 2.75) is 77.8 Å². The van der Waals surface area contributed by atoms with Gasteiger partial charge < -0.3 is 41.1 Å². The summed E-state index contributed by atoms with van der Waals surface area (Å²) in [5, 5.41) is 33.4. The van der Waals surface area contributed by atoms with Gasteiger partial charge >= 0.3 is 17.1 Å². The molecule has 0 saturated heterocycles. The Morgan fingerprint density at radius 1 is 0.659 bits per heavy atom. The third kappa shape index (κ3) is 9.39. The summed E-state index contributed by atoms with van der Waals surface area (Å²) in [6.45, 7) is 8.20. The van der Waals surface area contributed by atoms with Gasteiger partial charge in [0.25, 0.3) is 0 Å². The molecule has 10 nitrogen and oxygen atoms in total. The van der Waals surface area contributed by atoms with Crippen molar-refractivity contribution in [3.63, 3.8) is 0 Å². The van der Waals surface area contributed by atoms with Crippen molar-refractivity contribution in [1.29, 1.82) is 0 Å². The van der Waals surface area contributed by atoms with Crippen LogP contribution in [-0.4, -0.2) is 47.9 Å². The Morgan fingerprint density at radius 2 is 0.976 bits per heavy atom. The number of aliphatic carboxylic acids is 2. The Hall–Kier alpha value is -3.24. The third-order valence-corrected chi connectivity index (χ3v) is 7.23. The van der Waals surface area contributed by atoms with Crippen LogP contribution in [-0.2, 0) is 62.2 Å². The average Bonchev–Trinajstić information content (AvgIpc) is 2.93. The van der Waals surface area contributed by atoms with Crippen LogP contribution >= 0.6 is 0 Å². The summed E-state index contributed by atoms with van der Waals surface area (Å²) in [5.74, 6) is -3.49. The molecule has 11 heteroatoms. The minimum absolute atomic E-state index is 0. The van der Waals surface area contributed by atoms with Crippen LogP contribution in [0.4, 0.5) is 0 Å². The standard InChI is InChI=1S/2C15H20N2O3.Cu/c2*1-9(2)13(15(19)20)17-14(18)12-7-10-5-3-4-6-11(10)8-16-12;/h2*3-6,9,12-13,16H,7-8H2,1-2H3,(H,17,18)(H,19,20);/q;;+2/p-2/t2*12-,13?;/m00./s1. The van der Waals surface area contributed by atoms with E-state index in [0.29, 0.717) is 25.9 Å². The third-order valence-electron chi connectivity index (χ3n) is 7.23. The predicted octanol–water partition coefficient (Wildman–Crippen LogP) is -0.819. The molecule has 0 spiro atoms. The van der Waals surface area contributed by atoms with Crippen molar-refractivity contribution in [2.75, 3.05) is 0 Å². The summed E-state index contributed by atoms with van der Waals surface area (Å²) in [5.41, 5.74) is 4.61. The fourth-order valence-corrected chi connectivity index (χ4v) is 4.78. The molecule has 225 valence electrons. The summed E-state index contributed by atoms with van der Waals surface area (Å²) in [6, 6.07) is 13.1. The molecule has 2 aliphatic heterocycles. The van der Waals surface area contributed by atoms with Crippen molar-refractivity contribution in [3.05, 3.63) is 70.8 Å². The van der Waals surface area contributed by atoms with Crippen molar-refractivity contribution < 1.29 is 46.5 Å². The smallest absolute Gasteiger partial charge is 0.548 e. The first-order valence-corrected chi connectivity index (χ1v) is 13.6. The minimum atomic E-state index is -1.25. The van der Waals surface area contributed by atoms with Gasteiger partial charge in [0.15, 0.2) is 0 Å². The first kappa shape index (κ1) is 34.0. The van der Waals surface area contributed by atoms with E-state index in [9.17, 15) is 29.4 Å². The molecule has 2 aliphatic rings. The molecule has 4 rings (SSSR count). The zero-order valence-electron chi connectivity index (χ0n) is 23.7. The van der Waals surface area contributed by atoms with Gasteiger partial charge in [0, 0.05) is 13.1 Å². The molecule has 4 atom stereocenters. The Morgan fingerprint density at radius 3 is 1.27 bits per heavy atom. The molecule has 41 heavy (non-hydrogen) atoms. The van der Waals surface area contributed by atoms with Crippen LogP contribution in [0, 0.1) is 11.8 Å². The van der Waals surface area contributed by atoms with Crippen LogP contribution in [0.5, 0.6) is 0 Å². The van der Waals surface area contributed by atoms with Gasteiger partial charge in [-0.1, -0.05) is 76.2 Å². The molecule has 2 aromatic carbocycles. The number of carboxylic acids is 2. The number of carboxylic acid groups (broad SMARTS) is 2. The second-order valence-electron chi connectivity index (χ2n) is 10.9. The van der Waals surface area contributed by atoms with Gasteiger partial charge in [-0.05, 0) is 46.9 Å². The molecule has 2 aromatic rings. The second kappa shape index (κ2) is 15.7. The zero-order chi connectivity index (χ0) is 29.4. The van der Waals surface area contributed by atoms with Crippen molar-refractivity contribution in [3.8, 4) is 0 Å². The van der Waals surface area contributed by atoms with E-state index < -0.39 is 36.1 Å².